The van der Waals surface area contributed by atoms with Gasteiger partial charge in [-0.2, -0.15) is 0 Å². The van der Waals surface area contributed by atoms with E-state index in [1.165, 1.54) is 5.56 Å². The van der Waals surface area contributed by atoms with Crippen LogP contribution >= 0.6 is 0 Å². The van der Waals surface area contributed by atoms with Crippen LogP contribution < -0.4 is 0 Å². The van der Waals surface area contributed by atoms with Crippen LogP contribution in [0.25, 0.3) is 5.52 Å². The second kappa shape index (κ2) is 6.31. The van der Waals surface area contributed by atoms with Crippen molar-refractivity contribution in [1.82, 2.24) is 19.3 Å². The number of carbonyl (C=O) groups is 1. The molecule has 3 aromatic rings. The number of rotatable bonds is 3. The van der Waals surface area contributed by atoms with Crippen LogP contribution in [0.15, 0.2) is 42.9 Å². The van der Waals surface area contributed by atoms with Crippen LogP contribution in [0.1, 0.15) is 53.2 Å². The summed E-state index contributed by atoms with van der Waals surface area (Å²) in [5.74, 6) is 0.943. The predicted octanol–water partition coefficient (Wildman–Crippen LogP) is 3.58. The van der Waals surface area contributed by atoms with E-state index in [9.17, 15) is 4.79 Å². The molecule has 0 bridgehead atoms. The van der Waals surface area contributed by atoms with Gasteiger partial charge in [0.2, 0.25) is 0 Å². The van der Waals surface area contributed by atoms with Crippen molar-refractivity contribution in [2.75, 3.05) is 6.54 Å². The van der Waals surface area contributed by atoms with Gasteiger partial charge in [-0.1, -0.05) is 6.07 Å². The highest BCUT2D eigenvalue weighted by atomic mass is 16.2. The van der Waals surface area contributed by atoms with E-state index in [0.29, 0.717) is 12.1 Å². The van der Waals surface area contributed by atoms with Crippen molar-refractivity contribution in [1.29, 1.82) is 0 Å². The Balaban J connectivity index is 1.71. The van der Waals surface area contributed by atoms with Gasteiger partial charge in [-0.3, -0.25) is 9.78 Å². The highest BCUT2D eigenvalue weighted by Gasteiger charge is 2.30. The first kappa shape index (κ1) is 15.8. The minimum Gasteiger partial charge on any atom is -0.330 e. The maximum Gasteiger partial charge on any atom is 0.255 e. The Morgan fingerprint density at radius 2 is 2.20 bits per heavy atom. The molecule has 1 amide bonds. The Morgan fingerprint density at radius 1 is 1.32 bits per heavy atom. The van der Waals surface area contributed by atoms with Gasteiger partial charge in [-0.05, 0) is 56.9 Å². The van der Waals surface area contributed by atoms with Crippen molar-refractivity contribution >= 4 is 11.4 Å². The highest BCUT2D eigenvalue weighted by molar-refractivity contribution is 5.94. The molecular formula is C20H22N4O. The lowest BCUT2D eigenvalue weighted by Gasteiger charge is -2.34. The lowest BCUT2D eigenvalue weighted by Crippen LogP contribution is -2.37. The van der Waals surface area contributed by atoms with E-state index in [-0.39, 0.29) is 11.9 Å². The maximum atomic E-state index is 13.2. The minimum atomic E-state index is 0.0565. The Bertz CT molecular complexity index is 930. The summed E-state index contributed by atoms with van der Waals surface area (Å²) in [4.78, 5) is 24.1. The molecule has 0 N–H and O–H groups in total. The number of carbonyl (C=O) groups excluding carboxylic acids is 1. The molecule has 0 saturated carbocycles. The second-order valence-electron chi connectivity index (χ2n) is 6.57. The van der Waals surface area contributed by atoms with Crippen molar-refractivity contribution < 1.29 is 4.79 Å². The molecule has 1 aliphatic rings. The zero-order valence-electron chi connectivity index (χ0n) is 14.6. The fraction of sp³-hybridized carbons (Fsp3) is 0.350. The van der Waals surface area contributed by atoms with Crippen LogP contribution in [-0.2, 0) is 6.42 Å². The fourth-order valence-electron chi connectivity index (χ4n) is 3.81. The van der Waals surface area contributed by atoms with Crippen LogP contribution in [0.3, 0.4) is 0 Å². The Morgan fingerprint density at radius 3 is 3.04 bits per heavy atom. The largest absolute Gasteiger partial charge is 0.330 e. The summed E-state index contributed by atoms with van der Waals surface area (Å²) in [6.45, 7) is 4.65. The molecule has 0 aliphatic heterocycles. The van der Waals surface area contributed by atoms with Gasteiger partial charge in [-0.15, -0.1) is 0 Å². The summed E-state index contributed by atoms with van der Waals surface area (Å²) in [5, 5.41) is 0. The fourth-order valence-corrected chi connectivity index (χ4v) is 3.81. The number of hydrogen-bond donors (Lipinski definition) is 0. The standard InChI is InChI=1S/C20H22N4O/c1-3-23(18-8-4-6-15-7-5-11-21-19(15)18)20(25)16-9-10-17-12-22-14(2)24(17)13-16/h5,7,9-13,18H,3-4,6,8H2,1-2H3. The molecule has 25 heavy (non-hydrogen) atoms. The third kappa shape index (κ3) is 2.69. The molecule has 128 valence electrons. The van der Waals surface area contributed by atoms with Gasteiger partial charge in [0.05, 0.1) is 29.0 Å². The Hall–Kier alpha value is -2.69. The van der Waals surface area contributed by atoms with Crippen molar-refractivity contribution in [2.45, 2.75) is 39.2 Å². The average Bonchev–Trinajstić information content (AvgIpc) is 3.03. The summed E-state index contributed by atoms with van der Waals surface area (Å²) in [6.07, 6.45) is 8.65. The highest BCUT2D eigenvalue weighted by Crippen LogP contribution is 2.33. The normalized spacial score (nSPS) is 16.6. The first-order valence-corrected chi connectivity index (χ1v) is 8.87. The van der Waals surface area contributed by atoms with Gasteiger partial charge >= 0.3 is 0 Å². The van der Waals surface area contributed by atoms with Gasteiger partial charge in [0.25, 0.3) is 5.91 Å². The monoisotopic (exact) mass is 334 g/mol. The maximum absolute atomic E-state index is 13.2. The van der Waals surface area contributed by atoms with Crippen molar-refractivity contribution in [3.05, 3.63) is 65.5 Å². The number of amides is 1. The van der Waals surface area contributed by atoms with E-state index in [2.05, 4.69) is 16.0 Å². The molecule has 0 saturated heterocycles. The van der Waals surface area contributed by atoms with Gasteiger partial charge in [0.15, 0.2) is 0 Å². The third-order valence-corrected chi connectivity index (χ3v) is 5.10. The molecule has 3 aromatic heterocycles. The molecule has 0 radical (unpaired) electrons. The zero-order valence-corrected chi connectivity index (χ0v) is 14.6. The second-order valence-corrected chi connectivity index (χ2v) is 6.57. The summed E-state index contributed by atoms with van der Waals surface area (Å²) in [5.41, 5.74) is 4.02. The summed E-state index contributed by atoms with van der Waals surface area (Å²) in [6, 6.07) is 8.02. The van der Waals surface area contributed by atoms with Crippen LogP contribution in [0.2, 0.25) is 0 Å². The topological polar surface area (TPSA) is 50.5 Å². The van der Waals surface area contributed by atoms with E-state index in [4.69, 9.17) is 0 Å². The molecule has 3 heterocycles. The summed E-state index contributed by atoms with van der Waals surface area (Å²) in [7, 11) is 0. The predicted molar refractivity (Wildman–Crippen MR) is 96.6 cm³/mol. The molecule has 5 heteroatoms. The van der Waals surface area contributed by atoms with E-state index in [0.717, 1.165) is 36.3 Å². The van der Waals surface area contributed by atoms with Crippen molar-refractivity contribution in [2.24, 2.45) is 0 Å². The van der Waals surface area contributed by atoms with E-state index >= 15 is 0 Å². The van der Waals surface area contributed by atoms with Crippen LogP contribution in [0, 0.1) is 6.92 Å². The number of hydrogen-bond acceptors (Lipinski definition) is 3. The molecule has 1 unspecified atom stereocenters. The number of imidazole rings is 1. The van der Waals surface area contributed by atoms with Gasteiger partial charge in [-0.25, -0.2) is 4.98 Å². The van der Waals surface area contributed by atoms with Gasteiger partial charge < -0.3 is 9.30 Å². The third-order valence-electron chi connectivity index (χ3n) is 5.10. The van der Waals surface area contributed by atoms with Crippen LogP contribution in [0.5, 0.6) is 0 Å². The molecule has 0 fully saturated rings. The van der Waals surface area contributed by atoms with Crippen molar-refractivity contribution in [3.63, 3.8) is 0 Å². The minimum absolute atomic E-state index is 0.0565. The first-order valence-electron chi connectivity index (χ1n) is 8.87. The Labute approximate surface area is 147 Å². The number of pyridine rings is 2. The van der Waals surface area contributed by atoms with E-state index < -0.39 is 0 Å². The van der Waals surface area contributed by atoms with Gasteiger partial charge in [0.1, 0.15) is 5.82 Å². The van der Waals surface area contributed by atoms with E-state index in [1.54, 1.807) is 0 Å². The lowest BCUT2D eigenvalue weighted by atomic mass is 9.90. The number of aryl methyl sites for hydroxylation is 2. The molecule has 4 rings (SSSR count). The number of aromatic nitrogens is 3. The SMILES string of the molecule is CCN(C(=O)c1ccc2cnc(C)n2c1)C1CCCc2cccnc21. The molecule has 5 nitrogen and oxygen atoms in total. The first-order chi connectivity index (χ1) is 12.2. The zero-order chi connectivity index (χ0) is 17.4. The number of fused-ring (bicyclic) bond motifs is 2. The summed E-state index contributed by atoms with van der Waals surface area (Å²) < 4.78 is 1.97. The molecule has 1 aliphatic carbocycles. The number of nitrogens with zero attached hydrogens (tertiary/aromatic N) is 4. The van der Waals surface area contributed by atoms with Gasteiger partial charge in [0, 0.05) is 18.9 Å². The Kier molecular flexibility index (Phi) is 3.99. The molecule has 0 spiro atoms. The van der Waals surface area contributed by atoms with Crippen LogP contribution in [0.4, 0.5) is 0 Å². The van der Waals surface area contributed by atoms with E-state index in [1.807, 2.05) is 59.9 Å². The van der Waals surface area contributed by atoms with Crippen LogP contribution in [-0.4, -0.2) is 31.7 Å². The summed E-state index contributed by atoms with van der Waals surface area (Å²) >= 11 is 0. The average molecular weight is 334 g/mol. The quantitative estimate of drug-likeness (QED) is 0.736. The molecule has 0 aromatic carbocycles. The molecular weight excluding hydrogens is 312 g/mol. The van der Waals surface area contributed by atoms with Crippen molar-refractivity contribution in [3.8, 4) is 0 Å². The lowest BCUT2D eigenvalue weighted by molar-refractivity contribution is 0.0664. The molecule has 1 atom stereocenters. The smallest absolute Gasteiger partial charge is 0.255 e.